The van der Waals surface area contributed by atoms with Crippen molar-refractivity contribution in [2.75, 3.05) is 38.1 Å². The van der Waals surface area contributed by atoms with Crippen LogP contribution in [0.1, 0.15) is 27.0 Å². The van der Waals surface area contributed by atoms with Crippen LogP contribution in [0.4, 0.5) is 5.82 Å². The Labute approximate surface area is 149 Å². The highest BCUT2D eigenvalue weighted by Crippen LogP contribution is 2.14. The molecular formula is C20H26N4O. The molecule has 1 aliphatic heterocycles. The van der Waals surface area contributed by atoms with Crippen molar-refractivity contribution in [2.45, 2.75) is 20.4 Å². The molecule has 5 heteroatoms. The standard InChI is InChI=1S/C20H26N4O/c1-15-4-6-18(12-16(15)2)20(25)22-14-17-5-7-19(21-13-17)24-10-8-23(3)9-11-24/h4-7,12-13H,8-11,14H2,1-3H3,(H,22,25). The number of amides is 1. The lowest BCUT2D eigenvalue weighted by atomic mass is 10.1. The summed E-state index contributed by atoms with van der Waals surface area (Å²) in [7, 11) is 2.14. The van der Waals surface area contributed by atoms with E-state index in [1.807, 2.05) is 50.4 Å². The van der Waals surface area contributed by atoms with Crippen LogP contribution in [0.2, 0.25) is 0 Å². The minimum absolute atomic E-state index is 0.0498. The highest BCUT2D eigenvalue weighted by atomic mass is 16.1. The number of nitrogens with zero attached hydrogens (tertiary/aromatic N) is 3. The van der Waals surface area contributed by atoms with Gasteiger partial charge < -0.3 is 15.1 Å². The van der Waals surface area contributed by atoms with Crippen LogP contribution < -0.4 is 10.2 Å². The third kappa shape index (κ3) is 4.37. The van der Waals surface area contributed by atoms with Gasteiger partial charge in [-0.25, -0.2) is 4.98 Å². The number of carbonyl (C=O) groups is 1. The van der Waals surface area contributed by atoms with Crippen molar-refractivity contribution < 1.29 is 4.79 Å². The van der Waals surface area contributed by atoms with Gasteiger partial charge in [-0.3, -0.25) is 4.79 Å². The van der Waals surface area contributed by atoms with Crippen LogP contribution in [-0.2, 0) is 6.54 Å². The summed E-state index contributed by atoms with van der Waals surface area (Å²) in [5, 5.41) is 2.97. The van der Waals surface area contributed by atoms with Gasteiger partial charge in [0, 0.05) is 44.5 Å². The second kappa shape index (κ2) is 7.66. The number of nitrogens with one attached hydrogen (secondary N) is 1. The fourth-order valence-corrected chi connectivity index (χ4v) is 2.91. The molecule has 0 radical (unpaired) electrons. The number of pyridine rings is 1. The van der Waals surface area contributed by atoms with Gasteiger partial charge >= 0.3 is 0 Å². The third-order valence-corrected chi connectivity index (χ3v) is 4.86. The predicted octanol–water partition coefficient (Wildman–Crippen LogP) is 2.38. The highest BCUT2D eigenvalue weighted by molar-refractivity contribution is 5.94. The number of likely N-dealkylation sites (N-methyl/N-ethyl adjacent to an activating group) is 1. The minimum atomic E-state index is -0.0498. The molecule has 1 aromatic carbocycles. The second-order valence-corrected chi connectivity index (χ2v) is 6.80. The third-order valence-electron chi connectivity index (χ3n) is 4.86. The molecule has 0 spiro atoms. The number of piperazine rings is 1. The molecule has 1 amide bonds. The van der Waals surface area contributed by atoms with Crippen molar-refractivity contribution in [2.24, 2.45) is 0 Å². The summed E-state index contributed by atoms with van der Waals surface area (Å²) in [5.74, 6) is 0.962. The van der Waals surface area contributed by atoms with E-state index in [-0.39, 0.29) is 5.91 Å². The van der Waals surface area contributed by atoms with Gasteiger partial charge in [-0.15, -0.1) is 0 Å². The van der Waals surface area contributed by atoms with Crippen LogP contribution in [0, 0.1) is 13.8 Å². The average molecular weight is 338 g/mol. The molecule has 2 aromatic rings. The molecule has 2 heterocycles. The van der Waals surface area contributed by atoms with Crippen molar-refractivity contribution in [1.82, 2.24) is 15.2 Å². The Kier molecular flexibility index (Phi) is 5.34. The maximum atomic E-state index is 12.3. The molecule has 3 rings (SSSR count). The molecule has 1 aliphatic rings. The van der Waals surface area contributed by atoms with Crippen molar-refractivity contribution in [3.63, 3.8) is 0 Å². The molecule has 1 N–H and O–H groups in total. The van der Waals surface area contributed by atoms with Gasteiger partial charge in [0.2, 0.25) is 0 Å². The Hall–Kier alpha value is -2.40. The molecule has 0 bridgehead atoms. The number of rotatable bonds is 4. The van der Waals surface area contributed by atoms with Crippen LogP contribution in [0.15, 0.2) is 36.5 Å². The minimum Gasteiger partial charge on any atom is -0.354 e. The van der Waals surface area contributed by atoms with Gasteiger partial charge in [0.25, 0.3) is 5.91 Å². The van der Waals surface area contributed by atoms with E-state index in [2.05, 4.69) is 27.1 Å². The van der Waals surface area contributed by atoms with E-state index in [1.165, 1.54) is 5.56 Å². The van der Waals surface area contributed by atoms with Gasteiger partial charge in [-0.1, -0.05) is 12.1 Å². The first-order valence-electron chi connectivity index (χ1n) is 8.77. The number of benzene rings is 1. The Morgan fingerprint density at radius 3 is 2.48 bits per heavy atom. The largest absolute Gasteiger partial charge is 0.354 e. The number of carbonyl (C=O) groups excluding carboxylic acids is 1. The normalized spacial score (nSPS) is 15.2. The van der Waals surface area contributed by atoms with Crippen LogP contribution in [0.5, 0.6) is 0 Å². The summed E-state index contributed by atoms with van der Waals surface area (Å²) in [6.07, 6.45) is 1.86. The van der Waals surface area contributed by atoms with Gasteiger partial charge in [-0.2, -0.15) is 0 Å². The van der Waals surface area contributed by atoms with E-state index >= 15 is 0 Å². The SMILES string of the molecule is Cc1ccc(C(=O)NCc2ccc(N3CCN(C)CC3)nc2)cc1C. The zero-order valence-electron chi connectivity index (χ0n) is 15.2. The first kappa shape index (κ1) is 17.4. The Balaban J connectivity index is 1.56. The van der Waals surface area contributed by atoms with Crippen molar-refractivity contribution in [3.05, 3.63) is 58.8 Å². The van der Waals surface area contributed by atoms with Gasteiger partial charge in [0.05, 0.1) is 0 Å². The fraction of sp³-hybridized carbons (Fsp3) is 0.400. The topological polar surface area (TPSA) is 48.5 Å². The molecule has 0 aliphatic carbocycles. The smallest absolute Gasteiger partial charge is 0.251 e. The molecule has 0 saturated carbocycles. The Morgan fingerprint density at radius 2 is 1.84 bits per heavy atom. The lowest BCUT2D eigenvalue weighted by Gasteiger charge is -2.33. The van der Waals surface area contributed by atoms with Crippen molar-refractivity contribution in [3.8, 4) is 0 Å². The number of hydrogen-bond acceptors (Lipinski definition) is 4. The summed E-state index contributed by atoms with van der Waals surface area (Å²) in [4.78, 5) is 21.5. The highest BCUT2D eigenvalue weighted by Gasteiger charge is 2.15. The molecule has 5 nitrogen and oxygen atoms in total. The van der Waals surface area contributed by atoms with Crippen LogP contribution in [0.3, 0.4) is 0 Å². The maximum Gasteiger partial charge on any atom is 0.251 e. The number of hydrogen-bond donors (Lipinski definition) is 1. The van der Waals surface area contributed by atoms with Gasteiger partial charge in [0.1, 0.15) is 5.82 Å². The summed E-state index contributed by atoms with van der Waals surface area (Å²) in [6.45, 7) is 8.70. The summed E-state index contributed by atoms with van der Waals surface area (Å²) in [5.41, 5.74) is 4.03. The van der Waals surface area contributed by atoms with Crippen LogP contribution in [0.25, 0.3) is 0 Å². The van der Waals surface area contributed by atoms with E-state index in [0.29, 0.717) is 12.1 Å². The van der Waals surface area contributed by atoms with Crippen molar-refractivity contribution in [1.29, 1.82) is 0 Å². The molecule has 132 valence electrons. The summed E-state index contributed by atoms with van der Waals surface area (Å²) < 4.78 is 0. The molecule has 1 aromatic heterocycles. The first-order valence-corrected chi connectivity index (χ1v) is 8.77. The van der Waals surface area contributed by atoms with Crippen molar-refractivity contribution >= 4 is 11.7 Å². The second-order valence-electron chi connectivity index (χ2n) is 6.80. The Bertz CT molecular complexity index is 734. The lowest BCUT2D eigenvalue weighted by molar-refractivity contribution is 0.0951. The maximum absolute atomic E-state index is 12.3. The summed E-state index contributed by atoms with van der Waals surface area (Å²) >= 11 is 0. The molecular weight excluding hydrogens is 312 g/mol. The quantitative estimate of drug-likeness (QED) is 0.930. The van der Waals surface area contributed by atoms with Crippen LogP contribution in [-0.4, -0.2) is 49.0 Å². The van der Waals surface area contributed by atoms with Crippen LogP contribution >= 0.6 is 0 Å². The average Bonchev–Trinajstić information content (AvgIpc) is 2.63. The first-order chi connectivity index (χ1) is 12.0. The fourth-order valence-electron chi connectivity index (χ4n) is 2.91. The zero-order valence-corrected chi connectivity index (χ0v) is 15.2. The van der Waals surface area contributed by atoms with E-state index in [4.69, 9.17) is 0 Å². The molecule has 1 fully saturated rings. The summed E-state index contributed by atoms with van der Waals surface area (Å²) in [6, 6.07) is 9.87. The zero-order chi connectivity index (χ0) is 17.8. The predicted molar refractivity (Wildman–Crippen MR) is 101 cm³/mol. The number of anilines is 1. The monoisotopic (exact) mass is 338 g/mol. The Morgan fingerprint density at radius 1 is 1.08 bits per heavy atom. The van der Waals surface area contributed by atoms with Gasteiger partial charge in [-0.05, 0) is 55.8 Å². The molecule has 0 unspecified atom stereocenters. The van der Waals surface area contributed by atoms with E-state index in [0.717, 1.165) is 43.1 Å². The lowest BCUT2D eigenvalue weighted by Crippen LogP contribution is -2.44. The number of aryl methyl sites for hydroxylation is 2. The molecule has 0 atom stereocenters. The van der Waals surface area contributed by atoms with E-state index in [9.17, 15) is 4.79 Å². The molecule has 25 heavy (non-hydrogen) atoms. The van der Waals surface area contributed by atoms with E-state index in [1.54, 1.807) is 0 Å². The number of aromatic nitrogens is 1. The van der Waals surface area contributed by atoms with Gasteiger partial charge in [0.15, 0.2) is 0 Å². The van der Waals surface area contributed by atoms with E-state index < -0.39 is 0 Å². The molecule has 1 saturated heterocycles.